The first kappa shape index (κ1) is 10.9. The Morgan fingerprint density at radius 1 is 1.33 bits per heavy atom. The fourth-order valence-corrected chi connectivity index (χ4v) is 2.67. The van der Waals surface area contributed by atoms with E-state index in [1.54, 1.807) is 0 Å². The molecule has 0 bridgehead atoms. The molecule has 1 saturated carbocycles. The molecule has 0 aromatic heterocycles. The van der Waals surface area contributed by atoms with E-state index in [0.29, 0.717) is 5.78 Å². The first-order valence-electron chi connectivity index (χ1n) is 5.53. The van der Waals surface area contributed by atoms with Gasteiger partial charge in [-0.25, -0.2) is 0 Å². The standard InChI is InChI=1S/C13H15BrO/c14-12-6-3-4-10(9-12)8-11-5-1-2-7-13(11)15/h3-4,6,9,11H,1-2,5,7-8H2. The summed E-state index contributed by atoms with van der Waals surface area (Å²) in [5, 5.41) is 0. The second-order valence-corrected chi connectivity index (χ2v) is 5.16. The number of halogens is 1. The van der Waals surface area contributed by atoms with Crippen molar-refractivity contribution in [1.29, 1.82) is 0 Å². The second kappa shape index (κ2) is 4.93. The van der Waals surface area contributed by atoms with Crippen molar-refractivity contribution in [3.05, 3.63) is 34.3 Å². The molecule has 2 rings (SSSR count). The van der Waals surface area contributed by atoms with E-state index in [4.69, 9.17) is 0 Å². The van der Waals surface area contributed by atoms with E-state index in [0.717, 1.165) is 30.2 Å². The minimum atomic E-state index is 0.271. The highest BCUT2D eigenvalue weighted by molar-refractivity contribution is 9.10. The van der Waals surface area contributed by atoms with Crippen LogP contribution in [0.4, 0.5) is 0 Å². The minimum absolute atomic E-state index is 0.271. The molecule has 15 heavy (non-hydrogen) atoms. The van der Waals surface area contributed by atoms with E-state index < -0.39 is 0 Å². The summed E-state index contributed by atoms with van der Waals surface area (Å²) in [4.78, 5) is 11.7. The topological polar surface area (TPSA) is 17.1 Å². The fourth-order valence-electron chi connectivity index (χ4n) is 2.22. The zero-order valence-corrected chi connectivity index (χ0v) is 10.3. The Hall–Kier alpha value is -0.630. The summed E-state index contributed by atoms with van der Waals surface area (Å²) in [5.74, 6) is 0.731. The van der Waals surface area contributed by atoms with Gasteiger partial charge in [-0.3, -0.25) is 4.79 Å². The third-order valence-corrected chi connectivity index (χ3v) is 3.55. The lowest BCUT2D eigenvalue weighted by Gasteiger charge is -2.20. The number of ketones is 1. The number of rotatable bonds is 2. The molecule has 0 heterocycles. The van der Waals surface area contributed by atoms with Crippen molar-refractivity contribution in [2.24, 2.45) is 5.92 Å². The van der Waals surface area contributed by atoms with Gasteiger partial charge in [0.1, 0.15) is 5.78 Å². The van der Waals surface area contributed by atoms with Crippen LogP contribution in [0.3, 0.4) is 0 Å². The van der Waals surface area contributed by atoms with Crippen LogP contribution in [-0.4, -0.2) is 5.78 Å². The molecule has 0 aliphatic heterocycles. The molecule has 1 aliphatic carbocycles. The molecule has 80 valence electrons. The van der Waals surface area contributed by atoms with Gasteiger partial charge in [-0.2, -0.15) is 0 Å². The first-order chi connectivity index (χ1) is 7.25. The van der Waals surface area contributed by atoms with E-state index in [9.17, 15) is 4.79 Å². The Bertz CT molecular complexity index is 359. The third-order valence-electron chi connectivity index (χ3n) is 3.05. The second-order valence-electron chi connectivity index (χ2n) is 4.24. The average molecular weight is 267 g/mol. The highest BCUT2D eigenvalue weighted by atomic mass is 79.9. The van der Waals surface area contributed by atoms with E-state index in [-0.39, 0.29) is 5.92 Å². The van der Waals surface area contributed by atoms with Crippen LogP contribution in [0.2, 0.25) is 0 Å². The number of Topliss-reactive ketones (excluding diaryl/α,β-unsaturated/α-hetero) is 1. The molecular weight excluding hydrogens is 252 g/mol. The predicted molar refractivity (Wildman–Crippen MR) is 64.8 cm³/mol. The lowest BCUT2D eigenvalue weighted by molar-refractivity contribution is -0.124. The van der Waals surface area contributed by atoms with Gasteiger partial charge in [-0.1, -0.05) is 34.5 Å². The molecule has 2 heteroatoms. The number of carbonyl (C=O) groups is 1. The van der Waals surface area contributed by atoms with Crippen molar-refractivity contribution in [3.63, 3.8) is 0 Å². The van der Waals surface area contributed by atoms with Gasteiger partial charge in [0.25, 0.3) is 0 Å². The van der Waals surface area contributed by atoms with Crippen LogP contribution in [0.15, 0.2) is 28.7 Å². The molecule has 0 saturated heterocycles. The molecule has 0 amide bonds. The summed E-state index contributed by atoms with van der Waals surface area (Å²) < 4.78 is 1.10. The Kier molecular flexibility index (Phi) is 3.57. The van der Waals surface area contributed by atoms with Crippen molar-refractivity contribution in [2.75, 3.05) is 0 Å². The van der Waals surface area contributed by atoms with Crippen LogP contribution in [-0.2, 0) is 11.2 Å². The van der Waals surface area contributed by atoms with Gasteiger partial charge in [0.2, 0.25) is 0 Å². The SMILES string of the molecule is O=C1CCCCC1Cc1cccc(Br)c1. The van der Waals surface area contributed by atoms with Crippen LogP contribution in [0.1, 0.15) is 31.2 Å². The number of benzene rings is 1. The minimum Gasteiger partial charge on any atom is -0.299 e. The molecule has 1 aliphatic rings. The number of hydrogen-bond donors (Lipinski definition) is 0. The summed E-state index contributed by atoms with van der Waals surface area (Å²) in [6, 6.07) is 8.27. The van der Waals surface area contributed by atoms with Crippen LogP contribution in [0.25, 0.3) is 0 Å². The molecule has 1 aromatic rings. The molecule has 0 radical (unpaired) electrons. The summed E-state index contributed by atoms with van der Waals surface area (Å²) in [6.07, 6.45) is 5.08. The normalized spacial score (nSPS) is 21.7. The fraction of sp³-hybridized carbons (Fsp3) is 0.462. The van der Waals surface area contributed by atoms with Crippen LogP contribution in [0.5, 0.6) is 0 Å². The average Bonchev–Trinajstić information content (AvgIpc) is 2.22. The van der Waals surface area contributed by atoms with Crippen LogP contribution >= 0.6 is 15.9 Å². The Labute approximate surface area is 99.0 Å². The molecule has 0 spiro atoms. The lowest BCUT2D eigenvalue weighted by Crippen LogP contribution is -2.20. The van der Waals surface area contributed by atoms with Gasteiger partial charge >= 0.3 is 0 Å². The maximum Gasteiger partial charge on any atom is 0.136 e. The van der Waals surface area contributed by atoms with E-state index in [2.05, 4.69) is 28.1 Å². The van der Waals surface area contributed by atoms with Gasteiger partial charge in [-0.05, 0) is 37.0 Å². The van der Waals surface area contributed by atoms with Crippen molar-refractivity contribution in [2.45, 2.75) is 32.1 Å². The van der Waals surface area contributed by atoms with Gasteiger partial charge < -0.3 is 0 Å². The largest absolute Gasteiger partial charge is 0.299 e. The summed E-state index contributed by atoms with van der Waals surface area (Å²) in [5.41, 5.74) is 1.27. The van der Waals surface area contributed by atoms with Crippen LogP contribution < -0.4 is 0 Å². The van der Waals surface area contributed by atoms with Gasteiger partial charge in [0.15, 0.2) is 0 Å². The summed E-state index contributed by atoms with van der Waals surface area (Å²) in [6.45, 7) is 0. The quantitative estimate of drug-likeness (QED) is 0.797. The molecule has 1 fully saturated rings. The van der Waals surface area contributed by atoms with E-state index in [1.165, 1.54) is 12.0 Å². The van der Waals surface area contributed by atoms with Crippen molar-refractivity contribution >= 4 is 21.7 Å². The Morgan fingerprint density at radius 2 is 2.20 bits per heavy atom. The lowest BCUT2D eigenvalue weighted by atomic mass is 9.84. The Balaban J connectivity index is 2.04. The smallest absolute Gasteiger partial charge is 0.136 e. The van der Waals surface area contributed by atoms with Crippen LogP contribution in [0, 0.1) is 5.92 Å². The molecule has 1 aromatic carbocycles. The molecule has 1 atom stereocenters. The first-order valence-corrected chi connectivity index (χ1v) is 6.32. The maximum absolute atomic E-state index is 11.7. The van der Waals surface area contributed by atoms with Gasteiger partial charge in [0.05, 0.1) is 0 Å². The van der Waals surface area contributed by atoms with E-state index in [1.807, 2.05) is 12.1 Å². The van der Waals surface area contributed by atoms with Gasteiger partial charge in [-0.15, -0.1) is 0 Å². The molecular formula is C13H15BrO. The highest BCUT2D eigenvalue weighted by Crippen LogP contribution is 2.25. The third kappa shape index (κ3) is 2.91. The molecule has 1 unspecified atom stereocenters. The van der Waals surface area contributed by atoms with E-state index >= 15 is 0 Å². The van der Waals surface area contributed by atoms with Crippen molar-refractivity contribution in [1.82, 2.24) is 0 Å². The monoisotopic (exact) mass is 266 g/mol. The zero-order chi connectivity index (χ0) is 10.7. The Morgan fingerprint density at radius 3 is 2.93 bits per heavy atom. The maximum atomic E-state index is 11.7. The summed E-state index contributed by atoms with van der Waals surface area (Å²) >= 11 is 3.46. The number of hydrogen-bond acceptors (Lipinski definition) is 1. The van der Waals surface area contributed by atoms with Gasteiger partial charge in [0, 0.05) is 16.8 Å². The molecule has 1 nitrogen and oxygen atoms in total. The van der Waals surface area contributed by atoms with Crippen molar-refractivity contribution in [3.8, 4) is 0 Å². The summed E-state index contributed by atoms with van der Waals surface area (Å²) in [7, 11) is 0. The predicted octanol–water partition coefficient (Wildman–Crippen LogP) is 3.75. The van der Waals surface area contributed by atoms with Crippen molar-refractivity contribution < 1.29 is 4.79 Å². The molecule has 0 N–H and O–H groups in total. The highest BCUT2D eigenvalue weighted by Gasteiger charge is 2.22. The zero-order valence-electron chi connectivity index (χ0n) is 8.71. The number of carbonyl (C=O) groups excluding carboxylic acids is 1.